The fourth-order valence-electron chi connectivity index (χ4n) is 4.20. The van der Waals surface area contributed by atoms with Crippen LogP contribution in [0, 0.1) is 11.3 Å². The van der Waals surface area contributed by atoms with Crippen LogP contribution in [0.4, 0.5) is 5.13 Å². The summed E-state index contributed by atoms with van der Waals surface area (Å²) in [4.78, 5) is 19.9. The van der Waals surface area contributed by atoms with Crippen LogP contribution in [0.1, 0.15) is 39.5 Å². The van der Waals surface area contributed by atoms with Crippen LogP contribution in [-0.4, -0.2) is 37.1 Å². The highest BCUT2D eigenvalue weighted by atomic mass is 32.1. The van der Waals surface area contributed by atoms with Gasteiger partial charge in [0.05, 0.1) is 27.9 Å². The van der Waals surface area contributed by atoms with Crippen molar-refractivity contribution in [1.82, 2.24) is 15.6 Å². The van der Waals surface area contributed by atoms with E-state index in [0.29, 0.717) is 11.1 Å². The standard InChI is InChI=1S/C22H21N5OS/c23-13-15-2-1-3-17-16(15)5-7-18(17)25-21(28)14-4-6-19-20(12-14)29-22(26-19)27-10-8-24-9-11-27/h1-4,6,12,18,24H,5,7-11H2,(H,25,28)/t18-/m0/s1. The molecule has 1 aromatic heterocycles. The number of piperazine rings is 1. The fourth-order valence-corrected chi connectivity index (χ4v) is 5.25. The van der Waals surface area contributed by atoms with E-state index in [1.54, 1.807) is 11.3 Å². The molecule has 5 rings (SSSR count). The fraction of sp³-hybridized carbons (Fsp3) is 0.318. The number of nitrogens with one attached hydrogen (secondary N) is 2. The average Bonchev–Trinajstić information content (AvgIpc) is 3.38. The first-order valence-corrected chi connectivity index (χ1v) is 10.7. The van der Waals surface area contributed by atoms with Gasteiger partial charge in [-0.1, -0.05) is 23.5 Å². The van der Waals surface area contributed by atoms with Gasteiger partial charge in [0.15, 0.2) is 5.13 Å². The van der Waals surface area contributed by atoms with E-state index >= 15 is 0 Å². The second-order valence-electron chi connectivity index (χ2n) is 7.47. The first-order valence-electron chi connectivity index (χ1n) is 9.92. The molecule has 0 radical (unpaired) electrons. The van der Waals surface area contributed by atoms with Crippen molar-refractivity contribution in [3.8, 4) is 6.07 Å². The van der Waals surface area contributed by atoms with Crippen LogP contribution in [0.25, 0.3) is 10.2 Å². The Morgan fingerprint density at radius 1 is 1.28 bits per heavy atom. The van der Waals surface area contributed by atoms with Gasteiger partial charge in [0.2, 0.25) is 0 Å². The number of nitriles is 1. The van der Waals surface area contributed by atoms with Gasteiger partial charge in [-0.05, 0) is 48.2 Å². The summed E-state index contributed by atoms with van der Waals surface area (Å²) < 4.78 is 1.03. The molecular formula is C22H21N5OS. The highest BCUT2D eigenvalue weighted by Gasteiger charge is 2.26. The van der Waals surface area contributed by atoms with Gasteiger partial charge in [0, 0.05) is 31.7 Å². The molecule has 1 amide bonds. The molecule has 6 nitrogen and oxygen atoms in total. The van der Waals surface area contributed by atoms with Crippen molar-refractivity contribution >= 4 is 32.6 Å². The molecule has 0 unspecified atom stereocenters. The minimum atomic E-state index is -0.0794. The summed E-state index contributed by atoms with van der Waals surface area (Å²) in [6.45, 7) is 3.86. The van der Waals surface area contributed by atoms with E-state index < -0.39 is 0 Å². The zero-order valence-electron chi connectivity index (χ0n) is 15.9. The van der Waals surface area contributed by atoms with Gasteiger partial charge in [0.1, 0.15) is 0 Å². The Kier molecular flexibility index (Phi) is 4.66. The summed E-state index contributed by atoms with van der Waals surface area (Å²) in [5, 5.41) is 16.8. The number of anilines is 1. The lowest BCUT2D eigenvalue weighted by atomic mass is 10.0. The number of nitrogens with zero attached hydrogens (tertiary/aromatic N) is 3. The van der Waals surface area contributed by atoms with Gasteiger partial charge < -0.3 is 15.5 Å². The molecule has 7 heteroatoms. The predicted octanol–water partition coefficient (Wildman–Crippen LogP) is 2.99. The number of aromatic nitrogens is 1. The van der Waals surface area contributed by atoms with E-state index in [0.717, 1.165) is 65.5 Å². The van der Waals surface area contributed by atoms with Crippen LogP contribution < -0.4 is 15.5 Å². The molecule has 1 saturated heterocycles. The smallest absolute Gasteiger partial charge is 0.251 e. The van der Waals surface area contributed by atoms with E-state index in [9.17, 15) is 10.1 Å². The molecule has 2 N–H and O–H groups in total. The molecule has 0 spiro atoms. The summed E-state index contributed by atoms with van der Waals surface area (Å²) in [6.07, 6.45) is 1.65. The minimum absolute atomic E-state index is 0.0423. The quantitative estimate of drug-likeness (QED) is 0.703. The van der Waals surface area contributed by atoms with Gasteiger partial charge in [-0.15, -0.1) is 0 Å². The van der Waals surface area contributed by atoms with Gasteiger partial charge in [-0.2, -0.15) is 5.26 Å². The maximum Gasteiger partial charge on any atom is 0.251 e. The third-order valence-electron chi connectivity index (χ3n) is 5.72. The molecule has 0 bridgehead atoms. The molecule has 2 heterocycles. The number of benzene rings is 2. The van der Waals surface area contributed by atoms with Crippen molar-refractivity contribution in [1.29, 1.82) is 5.26 Å². The Morgan fingerprint density at radius 2 is 2.14 bits per heavy atom. The summed E-state index contributed by atoms with van der Waals surface area (Å²) >= 11 is 1.64. The second kappa shape index (κ2) is 7.47. The highest BCUT2D eigenvalue weighted by molar-refractivity contribution is 7.22. The van der Waals surface area contributed by atoms with Gasteiger partial charge in [0.25, 0.3) is 5.91 Å². The van der Waals surface area contributed by atoms with Gasteiger partial charge in [-0.25, -0.2) is 4.98 Å². The third-order valence-corrected chi connectivity index (χ3v) is 6.80. The van der Waals surface area contributed by atoms with Crippen molar-refractivity contribution in [2.24, 2.45) is 0 Å². The number of rotatable bonds is 3. The van der Waals surface area contributed by atoms with Crippen LogP contribution in [0.5, 0.6) is 0 Å². The van der Waals surface area contributed by atoms with Crippen LogP contribution in [-0.2, 0) is 6.42 Å². The van der Waals surface area contributed by atoms with Crippen molar-refractivity contribution in [2.45, 2.75) is 18.9 Å². The van der Waals surface area contributed by atoms with E-state index in [2.05, 4.69) is 21.6 Å². The molecule has 1 fully saturated rings. The first kappa shape index (κ1) is 18.1. The zero-order valence-corrected chi connectivity index (χ0v) is 16.8. The number of thiazole rings is 1. The molecule has 2 aliphatic rings. The van der Waals surface area contributed by atoms with E-state index in [1.807, 2.05) is 36.4 Å². The largest absolute Gasteiger partial charge is 0.346 e. The lowest BCUT2D eigenvalue weighted by Crippen LogP contribution is -2.43. The summed E-state index contributed by atoms with van der Waals surface area (Å²) in [6, 6.07) is 13.7. The number of fused-ring (bicyclic) bond motifs is 2. The Morgan fingerprint density at radius 3 is 2.97 bits per heavy atom. The molecule has 2 aromatic carbocycles. The molecule has 29 heavy (non-hydrogen) atoms. The van der Waals surface area contributed by atoms with E-state index in [1.165, 1.54) is 0 Å². The van der Waals surface area contributed by atoms with Gasteiger partial charge >= 0.3 is 0 Å². The zero-order chi connectivity index (χ0) is 19.8. The van der Waals surface area contributed by atoms with Crippen molar-refractivity contribution < 1.29 is 4.79 Å². The minimum Gasteiger partial charge on any atom is -0.346 e. The Balaban J connectivity index is 1.36. The van der Waals surface area contributed by atoms with Crippen molar-refractivity contribution in [3.05, 3.63) is 58.7 Å². The maximum absolute atomic E-state index is 12.9. The predicted molar refractivity (Wildman–Crippen MR) is 114 cm³/mol. The summed E-state index contributed by atoms with van der Waals surface area (Å²) in [7, 11) is 0. The normalized spacial score (nSPS) is 18.4. The molecule has 1 atom stereocenters. The Hall–Kier alpha value is -2.95. The number of hydrogen-bond acceptors (Lipinski definition) is 6. The SMILES string of the molecule is N#Cc1cccc2c1CC[C@@H]2NC(=O)c1ccc2nc(N3CCNCC3)sc2c1. The average molecular weight is 404 g/mol. The van der Waals surface area contributed by atoms with E-state index in [-0.39, 0.29) is 11.9 Å². The maximum atomic E-state index is 12.9. The highest BCUT2D eigenvalue weighted by Crippen LogP contribution is 2.34. The lowest BCUT2D eigenvalue weighted by molar-refractivity contribution is 0.0937. The first-order chi connectivity index (χ1) is 14.2. The summed E-state index contributed by atoms with van der Waals surface area (Å²) in [5.41, 5.74) is 4.43. The topological polar surface area (TPSA) is 81.0 Å². The van der Waals surface area contributed by atoms with Crippen LogP contribution in [0.2, 0.25) is 0 Å². The molecular weight excluding hydrogens is 382 g/mol. The number of carbonyl (C=O) groups excluding carboxylic acids is 1. The number of carbonyl (C=O) groups is 1. The Labute approximate surface area is 173 Å². The van der Waals surface area contributed by atoms with Crippen molar-refractivity contribution in [3.63, 3.8) is 0 Å². The van der Waals surface area contributed by atoms with Crippen molar-refractivity contribution in [2.75, 3.05) is 31.1 Å². The number of hydrogen-bond donors (Lipinski definition) is 2. The van der Waals surface area contributed by atoms with Crippen LogP contribution in [0.15, 0.2) is 36.4 Å². The molecule has 1 aliphatic heterocycles. The lowest BCUT2D eigenvalue weighted by Gasteiger charge is -2.26. The second-order valence-corrected chi connectivity index (χ2v) is 8.47. The summed E-state index contributed by atoms with van der Waals surface area (Å²) in [5.74, 6) is -0.0794. The molecule has 1 aliphatic carbocycles. The third kappa shape index (κ3) is 3.35. The van der Waals surface area contributed by atoms with Crippen LogP contribution in [0.3, 0.4) is 0 Å². The monoisotopic (exact) mass is 403 g/mol. The molecule has 0 saturated carbocycles. The van der Waals surface area contributed by atoms with Gasteiger partial charge in [-0.3, -0.25) is 4.79 Å². The van der Waals surface area contributed by atoms with E-state index in [4.69, 9.17) is 4.98 Å². The molecule has 3 aromatic rings. The van der Waals surface area contributed by atoms with Crippen LogP contribution >= 0.6 is 11.3 Å². The number of amides is 1. The molecule has 146 valence electrons. The Bertz CT molecular complexity index is 1130.